The van der Waals surface area contributed by atoms with E-state index in [0.717, 1.165) is 55.7 Å². The first-order valence-corrected chi connectivity index (χ1v) is 12.2. The van der Waals surface area contributed by atoms with Gasteiger partial charge in [-0.3, -0.25) is 4.79 Å². The lowest BCUT2D eigenvalue weighted by molar-refractivity contribution is -0.116. The van der Waals surface area contributed by atoms with Crippen molar-refractivity contribution in [3.8, 4) is 5.75 Å². The Morgan fingerprint density at radius 2 is 1.79 bits per heavy atom. The van der Waals surface area contributed by atoms with Crippen molar-refractivity contribution in [3.63, 3.8) is 0 Å². The first-order chi connectivity index (χ1) is 16.7. The number of fused-ring (bicyclic) bond motifs is 2. The zero-order valence-electron chi connectivity index (χ0n) is 19.9. The van der Waals surface area contributed by atoms with E-state index >= 15 is 0 Å². The van der Waals surface area contributed by atoms with Crippen molar-refractivity contribution in [3.05, 3.63) is 84.7 Å². The van der Waals surface area contributed by atoms with E-state index in [1.54, 1.807) is 12.2 Å². The number of unbranched alkanes of at least 4 members (excludes halogenated alkanes) is 2. The molecule has 0 saturated carbocycles. The summed E-state index contributed by atoms with van der Waals surface area (Å²) in [5, 5.41) is 5.34. The second-order valence-electron chi connectivity index (χ2n) is 8.48. The lowest BCUT2D eigenvalue weighted by Gasteiger charge is -2.11. The fourth-order valence-corrected chi connectivity index (χ4v) is 4.24. The quantitative estimate of drug-likeness (QED) is 0.209. The van der Waals surface area contributed by atoms with Gasteiger partial charge in [-0.2, -0.15) is 0 Å². The van der Waals surface area contributed by atoms with Crippen LogP contribution in [0.1, 0.15) is 38.4 Å². The molecule has 0 unspecified atom stereocenters. The Bertz CT molecular complexity index is 1260. The summed E-state index contributed by atoms with van der Waals surface area (Å²) in [6.45, 7) is 4.10. The number of ether oxygens (including phenoxy) is 1. The molecule has 0 aliphatic rings. The number of aromatic nitrogens is 2. The van der Waals surface area contributed by atoms with E-state index in [1.807, 2.05) is 19.1 Å². The molecule has 5 nitrogen and oxygen atoms in total. The monoisotopic (exact) mass is 455 g/mol. The number of amides is 1. The van der Waals surface area contributed by atoms with Crippen molar-refractivity contribution >= 4 is 27.7 Å². The average Bonchev–Trinajstić information content (AvgIpc) is 3.21. The molecule has 0 radical (unpaired) electrons. The zero-order valence-corrected chi connectivity index (χ0v) is 19.9. The van der Waals surface area contributed by atoms with Crippen LogP contribution in [0.2, 0.25) is 0 Å². The van der Waals surface area contributed by atoms with Crippen LogP contribution >= 0.6 is 0 Å². The van der Waals surface area contributed by atoms with Crippen molar-refractivity contribution in [1.82, 2.24) is 14.9 Å². The molecule has 5 heteroatoms. The van der Waals surface area contributed by atoms with Crippen molar-refractivity contribution in [1.29, 1.82) is 0 Å². The summed E-state index contributed by atoms with van der Waals surface area (Å²) in [4.78, 5) is 16.4. The number of nitrogens with one attached hydrogen (secondary N) is 1. The fourth-order valence-electron chi connectivity index (χ4n) is 4.24. The first-order valence-electron chi connectivity index (χ1n) is 12.2. The minimum atomic E-state index is -0.0183. The summed E-state index contributed by atoms with van der Waals surface area (Å²) >= 11 is 0. The molecule has 0 atom stereocenters. The van der Waals surface area contributed by atoms with Gasteiger partial charge in [0.15, 0.2) is 0 Å². The highest BCUT2D eigenvalue weighted by Gasteiger charge is 2.10. The van der Waals surface area contributed by atoms with Crippen LogP contribution in [0.15, 0.2) is 78.9 Å². The summed E-state index contributed by atoms with van der Waals surface area (Å²) in [5.41, 5.74) is 2.23. The van der Waals surface area contributed by atoms with Gasteiger partial charge in [0, 0.05) is 19.5 Å². The minimum Gasteiger partial charge on any atom is -0.494 e. The normalized spacial score (nSPS) is 11.4. The van der Waals surface area contributed by atoms with Gasteiger partial charge in [-0.15, -0.1) is 0 Å². The molecule has 1 aromatic heterocycles. The SMILES string of the molecule is C/C=C/C(=O)NCCCCCc1nc2ccccc2n1CCCOc1ccc2ccccc2c1. The van der Waals surface area contributed by atoms with Gasteiger partial charge in [0.25, 0.3) is 0 Å². The molecule has 0 saturated heterocycles. The maximum absolute atomic E-state index is 11.5. The largest absolute Gasteiger partial charge is 0.494 e. The molecular weight excluding hydrogens is 422 g/mol. The summed E-state index contributed by atoms with van der Waals surface area (Å²) in [5.74, 6) is 2.02. The van der Waals surface area contributed by atoms with Crippen LogP contribution in [0.3, 0.4) is 0 Å². The number of carbonyl (C=O) groups is 1. The molecule has 4 aromatic rings. The molecule has 4 rings (SSSR count). The highest BCUT2D eigenvalue weighted by Crippen LogP contribution is 2.21. The standard InChI is InChI=1S/C29H33N3O2/c1-2-11-29(33)30-19-9-3-4-16-28-31-26-14-7-8-15-27(26)32(28)20-10-21-34-25-18-17-23-12-5-6-13-24(23)22-25/h2,5-8,11-15,17-18,22H,3-4,9-10,16,19-21H2,1H3,(H,30,33)/b11-2+. The van der Waals surface area contributed by atoms with E-state index in [2.05, 4.69) is 64.5 Å². The Kier molecular flexibility index (Phi) is 8.33. The number of hydrogen-bond donors (Lipinski definition) is 1. The Labute approximate surface area is 201 Å². The molecule has 0 aliphatic heterocycles. The van der Waals surface area contributed by atoms with Crippen LogP contribution in [0.25, 0.3) is 21.8 Å². The molecule has 1 N–H and O–H groups in total. The van der Waals surface area contributed by atoms with Crippen LogP contribution in [0.4, 0.5) is 0 Å². The van der Waals surface area contributed by atoms with Gasteiger partial charge in [-0.1, -0.05) is 55.0 Å². The number of para-hydroxylation sites is 2. The first kappa shape index (κ1) is 23.6. The van der Waals surface area contributed by atoms with Gasteiger partial charge >= 0.3 is 0 Å². The Balaban J connectivity index is 1.29. The highest BCUT2D eigenvalue weighted by atomic mass is 16.5. The molecule has 0 fully saturated rings. The van der Waals surface area contributed by atoms with Crippen molar-refractivity contribution in [2.75, 3.05) is 13.2 Å². The lowest BCUT2D eigenvalue weighted by Crippen LogP contribution is -2.21. The van der Waals surface area contributed by atoms with Crippen molar-refractivity contribution in [2.45, 2.75) is 45.6 Å². The number of nitrogens with zero attached hydrogens (tertiary/aromatic N) is 2. The second-order valence-corrected chi connectivity index (χ2v) is 8.48. The molecule has 0 spiro atoms. The lowest BCUT2D eigenvalue weighted by atomic mass is 10.1. The van der Waals surface area contributed by atoms with Crippen LogP contribution in [0, 0.1) is 0 Å². The molecule has 176 valence electrons. The third kappa shape index (κ3) is 6.25. The molecule has 34 heavy (non-hydrogen) atoms. The fraction of sp³-hybridized carbons (Fsp3) is 0.310. The Hall–Kier alpha value is -3.60. The number of aryl methyl sites for hydroxylation is 2. The van der Waals surface area contributed by atoms with Crippen LogP contribution in [-0.4, -0.2) is 28.6 Å². The predicted octanol–water partition coefficient (Wildman–Crippen LogP) is 6.06. The number of benzene rings is 3. The zero-order chi connectivity index (χ0) is 23.6. The van der Waals surface area contributed by atoms with E-state index in [1.165, 1.54) is 16.3 Å². The van der Waals surface area contributed by atoms with Gasteiger partial charge in [-0.05, 0) is 67.3 Å². The van der Waals surface area contributed by atoms with E-state index in [9.17, 15) is 4.79 Å². The van der Waals surface area contributed by atoms with Gasteiger partial charge < -0.3 is 14.6 Å². The topological polar surface area (TPSA) is 56.2 Å². The van der Waals surface area contributed by atoms with Crippen LogP contribution in [0.5, 0.6) is 5.75 Å². The maximum Gasteiger partial charge on any atom is 0.243 e. The number of imidazole rings is 1. The van der Waals surface area contributed by atoms with Gasteiger partial charge in [0.1, 0.15) is 11.6 Å². The van der Waals surface area contributed by atoms with Crippen LogP contribution in [-0.2, 0) is 17.8 Å². The van der Waals surface area contributed by atoms with Crippen molar-refractivity contribution < 1.29 is 9.53 Å². The molecule has 1 amide bonds. The molecule has 0 aliphatic carbocycles. The number of hydrogen-bond acceptors (Lipinski definition) is 3. The van der Waals surface area contributed by atoms with Gasteiger partial charge in [-0.25, -0.2) is 4.98 Å². The van der Waals surface area contributed by atoms with Crippen molar-refractivity contribution in [2.24, 2.45) is 0 Å². The number of allylic oxidation sites excluding steroid dienone is 1. The average molecular weight is 456 g/mol. The highest BCUT2D eigenvalue weighted by molar-refractivity contribution is 5.87. The van der Waals surface area contributed by atoms with E-state index < -0.39 is 0 Å². The summed E-state index contributed by atoms with van der Waals surface area (Å²) in [7, 11) is 0. The Morgan fingerprint density at radius 3 is 2.68 bits per heavy atom. The number of carbonyl (C=O) groups excluding carboxylic acids is 1. The third-order valence-electron chi connectivity index (χ3n) is 5.94. The summed E-state index contributed by atoms with van der Waals surface area (Å²) < 4.78 is 8.39. The van der Waals surface area contributed by atoms with Gasteiger partial charge in [0.05, 0.1) is 17.6 Å². The molecule has 1 heterocycles. The van der Waals surface area contributed by atoms with E-state index in [0.29, 0.717) is 13.2 Å². The maximum atomic E-state index is 11.5. The van der Waals surface area contributed by atoms with Crippen LogP contribution < -0.4 is 10.1 Å². The predicted molar refractivity (Wildman–Crippen MR) is 139 cm³/mol. The number of rotatable bonds is 12. The third-order valence-corrected chi connectivity index (χ3v) is 5.94. The molecular formula is C29H33N3O2. The molecule has 3 aromatic carbocycles. The van der Waals surface area contributed by atoms with E-state index in [-0.39, 0.29) is 5.91 Å². The minimum absolute atomic E-state index is 0.0183. The van der Waals surface area contributed by atoms with E-state index in [4.69, 9.17) is 9.72 Å². The Morgan fingerprint density at radius 1 is 0.971 bits per heavy atom. The molecule has 0 bridgehead atoms. The van der Waals surface area contributed by atoms with Gasteiger partial charge in [0.2, 0.25) is 5.91 Å². The second kappa shape index (κ2) is 12.0. The smallest absolute Gasteiger partial charge is 0.243 e. The summed E-state index contributed by atoms with van der Waals surface area (Å²) in [6, 6.07) is 22.9. The summed E-state index contributed by atoms with van der Waals surface area (Å²) in [6.07, 6.45) is 8.25.